The molecule has 0 saturated carbocycles. The molecule has 1 aromatic carbocycles. The molecule has 17 heavy (non-hydrogen) atoms. The summed E-state index contributed by atoms with van der Waals surface area (Å²) in [7, 11) is 0. The molecule has 0 heterocycles. The summed E-state index contributed by atoms with van der Waals surface area (Å²) in [5.41, 5.74) is 12.8. The van der Waals surface area contributed by atoms with Gasteiger partial charge in [0.15, 0.2) is 5.69 Å². The fraction of sp³-hybridized carbons (Fsp3) is 0.250. The second kappa shape index (κ2) is 7.01. The first kappa shape index (κ1) is 14.6. The van der Waals surface area contributed by atoms with Gasteiger partial charge in [-0.3, -0.25) is 4.79 Å². The van der Waals surface area contributed by atoms with Gasteiger partial charge in [0.05, 0.1) is 12.3 Å². The highest BCUT2D eigenvalue weighted by molar-refractivity contribution is 5.98. The second-order valence-corrected chi connectivity index (χ2v) is 3.58. The lowest BCUT2D eigenvalue weighted by Gasteiger charge is -1.97. The van der Waals surface area contributed by atoms with Gasteiger partial charge in [-0.15, -0.1) is 0 Å². The summed E-state index contributed by atoms with van der Waals surface area (Å²) in [4.78, 5) is 13.3. The Morgan fingerprint density at radius 2 is 1.94 bits per heavy atom. The number of hydrogen-bond donors (Lipinski definition) is 3. The normalized spacial score (nSPS) is 8.53. The summed E-state index contributed by atoms with van der Waals surface area (Å²) in [6, 6.07) is 4.82. The van der Waals surface area contributed by atoms with Crippen LogP contribution in [0.2, 0.25) is 0 Å². The number of carbonyl (C=O) groups excluding carboxylic acids is 1. The fourth-order valence-corrected chi connectivity index (χ4v) is 1.01. The molecule has 0 aliphatic heterocycles. The molecule has 1 rings (SSSR count). The van der Waals surface area contributed by atoms with Crippen LogP contribution in [0.25, 0.3) is 4.85 Å². The van der Waals surface area contributed by atoms with Crippen LogP contribution in [0.15, 0.2) is 18.2 Å². The summed E-state index contributed by atoms with van der Waals surface area (Å²) in [5, 5.41) is 6.80. The van der Waals surface area contributed by atoms with Crippen molar-refractivity contribution in [1.29, 1.82) is 5.41 Å². The van der Waals surface area contributed by atoms with Crippen LogP contribution < -0.4 is 11.5 Å². The van der Waals surface area contributed by atoms with Crippen LogP contribution in [0.1, 0.15) is 20.3 Å². The van der Waals surface area contributed by atoms with E-state index < -0.39 is 0 Å². The Morgan fingerprint density at radius 1 is 1.35 bits per heavy atom. The SMILES string of the molecule is CC(=N)CC(C)=O.[C-]#[N+]c1ccc(N)c(N)c1. The van der Waals surface area contributed by atoms with E-state index in [2.05, 4.69) is 4.85 Å². The van der Waals surface area contributed by atoms with Crippen molar-refractivity contribution < 1.29 is 4.79 Å². The van der Waals surface area contributed by atoms with Crippen molar-refractivity contribution in [2.75, 3.05) is 11.5 Å². The van der Waals surface area contributed by atoms with Gasteiger partial charge < -0.3 is 16.9 Å². The van der Waals surface area contributed by atoms with Gasteiger partial charge in [0, 0.05) is 17.8 Å². The van der Waals surface area contributed by atoms with E-state index in [1.807, 2.05) is 0 Å². The topological polar surface area (TPSA) is 97.3 Å². The molecule has 0 bridgehead atoms. The Hall–Kier alpha value is -2.35. The van der Waals surface area contributed by atoms with E-state index in [-0.39, 0.29) is 5.78 Å². The Kier molecular flexibility index (Phi) is 6.04. The highest BCUT2D eigenvalue weighted by Crippen LogP contribution is 2.21. The third-order valence-corrected chi connectivity index (χ3v) is 1.71. The lowest BCUT2D eigenvalue weighted by atomic mass is 10.2. The molecule has 0 spiro atoms. The number of nitrogens with two attached hydrogens (primary N) is 2. The molecule has 0 saturated heterocycles. The van der Waals surface area contributed by atoms with Gasteiger partial charge in [-0.2, -0.15) is 0 Å². The number of nitrogen functional groups attached to an aromatic ring is 2. The van der Waals surface area contributed by atoms with Crippen LogP contribution in [0.5, 0.6) is 0 Å². The molecule has 5 nitrogen and oxygen atoms in total. The zero-order valence-corrected chi connectivity index (χ0v) is 9.95. The summed E-state index contributed by atoms with van der Waals surface area (Å²) in [5.74, 6) is 0.0625. The lowest BCUT2D eigenvalue weighted by Crippen LogP contribution is -1.96. The number of anilines is 2. The molecular weight excluding hydrogens is 216 g/mol. The first-order valence-electron chi connectivity index (χ1n) is 4.92. The molecule has 0 aliphatic rings. The van der Waals surface area contributed by atoms with Gasteiger partial charge in [0.1, 0.15) is 5.78 Å². The average Bonchev–Trinajstić information content (AvgIpc) is 2.21. The average molecular weight is 232 g/mol. The maximum Gasteiger partial charge on any atom is 0.189 e. The number of nitrogens with one attached hydrogen (secondary N) is 1. The van der Waals surface area contributed by atoms with Gasteiger partial charge in [-0.1, -0.05) is 6.07 Å². The predicted molar refractivity (Wildman–Crippen MR) is 70.2 cm³/mol. The standard InChI is InChI=1S/C7H7N3.C5H9NO/c1-10-5-2-3-6(8)7(9)4-5;1-4(6)3-5(2)7/h2-4H,8-9H2;6H,3H2,1-2H3. The van der Waals surface area contributed by atoms with Crippen LogP contribution in [0.4, 0.5) is 17.1 Å². The monoisotopic (exact) mass is 232 g/mol. The van der Waals surface area contributed by atoms with Crippen LogP contribution in [0.3, 0.4) is 0 Å². The van der Waals surface area contributed by atoms with Crippen molar-refractivity contribution >= 4 is 28.6 Å². The molecule has 0 aliphatic carbocycles. The third-order valence-electron chi connectivity index (χ3n) is 1.71. The molecule has 0 amide bonds. The molecule has 0 fully saturated rings. The molecule has 0 radical (unpaired) electrons. The second-order valence-electron chi connectivity index (χ2n) is 3.58. The van der Waals surface area contributed by atoms with E-state index in [4.69, 9.17) is 23.4 Å². The fourth-order valence-electron chi connectivity index (χ4n) is 1.01. The number of rotatable bonds is 2. The Morgan fingerprint density at radius 3 is 2.24 bits per heavy atom. The number of Topliss-reactive ketones (excluding diaryl/α,β-unsaturated/α-hetero) is 1. The lowest BCUT2D eigenvalue weighted by molar-refractivity contribution is -0.115. The van der Waals surface area contributed by atoms with Crippen molar-refractivity contribution in [3.63, 3.8) is 0 Å². The highest BCUT2D eigenvalue weighted by atomic mass is 16.1. The van der Waals surface area contributed by atoms with Gasteiger partial charge in [0.25, 0.3) is 0 Å². The maximum atomic E-state index is 10.1. The van der Waals surface area contributed by atoms with E-state index in [0.717, 1.165) is 0 Å². The first-order valence-corrected chi connectivity index (χ1v) is 4.92. The van der Waals surface area contributed by atoms with Crippen molar-refractivity contribution in [1.82, 2.24) is 0 Å². The molecule has 1 aromatic rings. The number of benzene rings is 1. The maximum absolute atomic E-state index is 10.1. The van der Waals surface area contributed by atoms with Crippen molar-refractivity contribution in [2.24, 2.45) is 0 Å². The predicted octanol–water partition coefficient (Wildman–Crippen LogP) is 2.41. The molecule has 90 valence electrons. The summed E-state index contributed by atoms with van der Waals surface area (Å²) in [6.45, 7) is 9.75. The van der Waals surface area contributed by atoms with Gasteiger partial charge in [-0.25, -0.2) is 4.85 Å². The minimum atomic E-state index is 0.0625. The Labute approximate surface area is 101 Å². The van der Waals surface area contributed by atoms with E-state index in [1.54, 1.807) is 25.1 Å². The molecule has 0 aromatic heterocycles. The van der Waals surface area contributed by atoms with Crippen LogP contribution in [-0.4, -0.2) is 11.5 Å². The van der Waals surface area contributed by atoms with Gasteiger partial charge in [-0.05, 0) is 26.0 Å². The quantitative estimate of drug-likeness (QED) is 0.415. The smallest absolute Gasteiger partial charge is 0.189 e. The number of carbonyl (C=O) groups is 1. The Bertz CT molecular complexity index is 448. The highest BCUT2D eigenvalue weighted by Gasteiger charge is 1.94. The van der Waals surface area contributed by atoms with Crippen LogP contribution in [-0.2, 0) is 4.79 Å². The summed E-state index contributed by atoms with van der Waals surface area (Å²) in [6.07, 6.45) is 0.306. The largest absolute Gasteiger partial charge is 0.398 e. The summed E-state index contributed by atoms with van der Waals surface area (Å²) < 4.78 is 0. The van der Waals surface area contributed by atoms with Crippen LogP contribution >= 0.6 is 0 Å². The first-order chi connectivity index (χ1) is 7.86. The molecular formula is C12H16N4O. The minimum absolute atomic E-state index is 0.0625. The summed E-state index contributed by atoms with van der Waals surface area (Å²) >= 11 is 0. The zero-order valence-electron chi connectivity index (χ0n) is 9.95. The van der Waals surface area contributed by atoms with E-state index in [0.29, 0.717) is 29.2 Å². The van der Waals surface area contributed by atoms with E-state index in [9.17, 15) is 4.79 Å². The number of ketones is 1. The molecule has 0 atom stereocenters. The molecule has 0 unspecified atom stereocenters. The number of nitrogens with zero attached hydrogens (tertiary/aromatic N) is 1. The minimum Gasteiger partial charge on any atom is -0.398 e. The van der Waals surface area contributed by atoms with E-state index in [1.165, 1.54) is 6.92 Å². The zero-order chi connectivity index (χ0) is 13.4. The third kappa shape index (κ3) is 6.68. The van der Waals surface area contributed by atoms with Crippen molar-refractivity contribution in [3.8, 4) is 0 Å². The van der Waals surface area contributed by atoms with Crippen molar-refractivity contribution in [3.05, 3.63) is 29.6 Å². The number of hydrogen-bond acceptors (Lipinski definition) is 4. The molecule has 5 heteroatoms. The molecule has 5 N–H and O–H groups in total. The van der Waals surface area contributed by atoms with E-state index >= 15 is 0 Å². The van der Waals surface area contributed by atoms with Crippen molar-refractivity contribution in [2.45, 2.75) is 20.3 Å². The van der Waals surface area contributed by atoms with Gasteiger partial charge >= 0.3 is 0 Å². The van der Waals surface area contributed by atoms with Gasteiger partial charge in [0.2, 0.25) is 0 Å². The Balaban J connectivity index is 0.000000325. The van der Waals surface area contributed by atoms with Crippen LogP contribution in [0, 0.1) is 12.0 Å².